The van der Waals surface area contributed by atoms with Crippen molar-refractivity contribution >= 4 is 17.0 Å². The van der Waals surface area contributed by atoms with Gasteiger partial charge in [-0.05, 0) is 18.6 Å². The SMILES string of the molecule is CCC/C=C/c1cc2ccccc2[n+]([O-])c1. The number of unbranched alkanes of at least 4 members (excludes halogenated alkanes) is 1. The summed E-state index contributed by atoms with van der Waals surface area (Å²) in [7, 11) is 0. The van der Waals surface area contributed by atoms with E-state index in [0.717, 1.165) is 34.0 Å². The van der Waals surface area contributed by atoms with Crippen molar-refractivity contribution in [3.63, 3.8) is 0 Å². The Morgan fingerprint density at radius 3 is 2.94 bits per heavy atom. The van der Waals surface area contributed by atoms with Crippen molar-refractivity contribution in [1.82, 2.24) is 0 Å². The lowest BCUT2D eigenvalue weighted by atomic mass is 10.1. The van der Waals surface area contributed by atoms with Gasteiger partial charge < -0.3 is 5.21 Å². The third-order valence-electron chi connectivity index (χ3n) is 2.53. The van der Waals surface area contributed by atoms with E-state index in [4.69, 9.17) is 0 Å². The first-order valence-corrected chi connectivity index (χ1v) is 5.60. The van der Waals surface area contributed by atoms with Crippen LogP contribution in [0.15, 0.2) is 42.6 Å². The summed E-state index contributed by atoms with van der Waals surface area (Å²) < 4.78 is 0.932. The number of fused-ring (bicyclic) bond motifs is 1. The number of rotatable bonds is 3. The van der Waals surface area contributed by atoms with Crippen LogP contribution in [0.25, 0.3) is 17.0 Å². The molecule has 2 heteroatoms. The Bertz CT molecular complexity index is 517. The maximum Gasteiger partial charge on any atom is 0.223 e. The summed E-state index contributed by atoms with van der Waals surface area (Å²) in [5.41, 5.74) is 1.68. The van der Waals surface area contributed by atoms with Gasteiger partial charge in [0.15, 0.2) is 6.20 Å². The van der Waals surface area contributed by atoms with E-state index in [1.54, 1.807) is 6.20 Å². The molecule has 0 N–H and O–H groups in total. The first-order valence-electron chi connectivity index (χ1n) is 5.60. The molecule has 0 radical (unpaired) electrons. The van der Waals surface area contributed by atoms with E-state index in [0.29, 0.717) is 0 Å². The zero-order chi connectivity index (χ0) is 11.4. The maximum atomic E-state index is 11.7. The first kappa shape index (κ1) is 10.7. The third-order valence-corrected chi connectivity index (χ3v) is 2.53. The molecule has 0 bridgehead atoms. The molecule has 0 aliphatic heterocycles. The van der Waals surface area contributed by atoms with Gasteiger partial charge in [0.2, 0.25) is 5.52 Å². The van der Waals surface area contributed by atoms with Gasteiger partial charge >= 0.3 is 0 Å². The quantitative estimate of drug-likeness (QED) is 0.567. The maximum absolute atomic E-state index is 11.7. The summed E-state index contributed by atoms with van der Waals surface area (Å²) in [4.78, 5) is 0. The van der Waals surface area contributed by atoms with E-state index in [9.17, 15) is 5.21 Å². The molecule has 0 atom stereocenters. The number of para-hydroxylation sites is 1. The van der Waals surface area contributed by atoms with E-state index in [-0.39, 0.29) is 0 Å². The third kappa shape index (κ3) is 2.22. The molecule has 2 nitrogen and oxygen atoms in total. The predicted octanol–water partition coefficient (Wildman–Crippen LogP) is 3.29. The molecule has 2 aromatic rings. The molecular formula is C14H15NO. The highest BCUT2D eigenvalue weighted by Gasteiger charge is 2.03. The van der Waals surface area contributed by atoms with E-state index in [1.807, 2.05) is 36.4 Å². The molecule has 82 valence electrons. The molecule has 0 saturated carbocycles. The van der Waals surface area contributed by atoms with E-state index >= 15 is 0 Å². The molecule has 1 aromatic carbocycles. The molecular weight excluding hydrogens is 198 g/mol. The van der Waals surface area contributed by atoms with E-state index < -0.39 is 0 Å². The van der Waals surface area contributed by atoms with Gasteiger partial charge in [-0.25, -0.2) is 0 Å². The largest absolute Gasteiger partial charge is 0.618 e. The molecule has 0 saturated heterocycles. The van der Waals surface area contributed by atoms with Crippen molar-refractivity contribution < 1.29 is 4.73 Å². The number of aromatic nitrogens is 1. The second-order valence-corrected chi connectivity index (χ2v) is 3.85. The highest BCUT2D eigenvalue weighted by molar-refractivity contribution is 5.77. The average Bonchev–Trinajstić information content (AvgIpc) is 2.30. The molecule has 0 amide bonds. The van der Waals surface area contributed by atoms with Gasteiger partial charge in [-0.15, -0.1) is 0 Å². The van der Waals surface area contributed by atoms with Gasteiger partial charge in [0.25, 0.3) is 0 Å². The zero-order valence-electron chi connectivity index (χ0n) is 9.39. The fraction of sp³-hybridized carbons (Fsp3) is 0.214. The summed E-state index contributed by atoms with van der Waals surface area (Å²) in [5.74, 6) is 0. The number of benzene rings is 1. The summed E-state index contributed by atoms with van der Waals surface area (Å²) in [5, 5.41) is 12.7. The summed E-state index contributed by atoms with van der Waals surface area (Å²) in [6.45, 7) is 2.14. The van der Waals surface area contributed by atoms with Crippen LogP contribution >= 0.6 is 0 Å². The second kappa shape index (κ2) is 4.79. The molecule has 0 aliphatic carbocycles. The molecule has 0 fully saturated rings. The van der Waals surface area contributed by atoms with Crippen molar-refractivity contribution in [3.8, 4) is 0 Å². The smallest absolute Gasteiger partial charge is 0.223 e. The molecule has 0 aliphatic rings. The molecule has 2 rings (SSSR count). The fourth-order valence-corrected chi connectivity index (χ4v) is 1.71. The Labute approximate surface area is 95.4 Å². The van der Waals surface area contributed by atoms with Crippen LogP contribution in [0.3, 0.4) is 0 Å². The van der Waals surface area contributed by atoms with E-state index in [2.05, 4.69) is 13.0 Å². The van der Waals surface area contributed by atoms with Gasteiger partial charge in [0.1, 0.15) is 0 Å². The van der Waals surface area contributed by atoms with Crippen LogP contribution in [-0.4, -0.2) is 0 Å². The lowest BCUT2D eigenvalue weighted by Crippen LogP contribution is -2.26. The highest BCUT2D eigenvalue weighted by atomic mass is 16.5. The fourth-order valence-electron chi connectivity index (χ4n) is 1.71. The van der Waals surface area contributed by atoms with E-state index in [1.165, 1.54) is 0 Å². The summed E-state index contributed by atoms with van der Waals surface area (Å²) in [6, 6.07) is 9.66. The number of nitrogens with zero attached hydrogens (tertiary/aromatic N) is 1. The monoisotopic (exact) mass is 213 g/mol. The van der Waals surface area contributed by atoms with Crippen LogP contribution in [0.5, 0.6) is 0 Å². The van der Waals surface area contributed by atoms with Crippen LogP contribution in [-0.2, 0) is 0 Å². The standard InChI is InChI=1S/C14H15NO/c1-2-3-4-7-12-10-13-8-5-6-9-14(13)15(16)11-12/h4-11H,2-3H2,1H3/b7-4+. The average molecular weight is 213 g/mol. The molecule has 0 unspecified atom stereocenters. The van der Waals surface area contributed by atoms with Crippen LogP contribution in [0.4, 0.5) is 0 Å². The van der Waals surface area contributed by atoms with Crippen molar-refractivity contribution in [2.75, 3.05) is 0 Å². The van der Waals surface area contributed by atoms with Gasteiger partial charge in [0.05, 0.1) is 0 Å². The van der Waals surface area contributed by atoms with Crippen molar-refractivity contribution in [2.45, 2.75) is 19.8 Å². The van der Waals surface area contributed by atoms with Crippen LogP contribution in [0, 0.1) is 5.21 Å². The van der Waals surface area contributed by atoms with Crippen molar-refractivity contribution in [1.29, 1.82) is 0 Å². The van der Waals surface area contributed by atoms with Gasteiger partial charge in [0, 0.05) is 17.0 Å². The van der Waals surface area contributed by atoms with Crippen LogP contribution < -0.4 is 4.73 Å². The second-order valence-electron chi connectivity index (χ2n) is 3.85. The topological polar surface area (TPSA) is 26.9 Å². The number of hydrogen-bond donors (Lipinski definition) is 0. The minimum atomic E-state index is 0.718. The molecule has 0 spiro atoms. The van der Waals surface area contributed by atoms with Crippen molar-refractivity contribution in [3.05, 3.63) is 53.4 Å². The van der Waals surface area contributed by atoms with Crippen LogP contribution in [0.1, 0.15) is 25.3 Å². The Morgan fingerprint density at radius 2 is 2.12 bits per heavy atom. The summed E-state index contributed by atoms with van der Waals surface area (Å²) in [6.07, 6.45) is 7.90. The van der Waals surface area contributed by atoms with Gasteiger partial charge in [-0.1, -0.05) is 37.6 Å². The van der Waals surface area contributed by atoms with Crippen LogP contribution in [0.2, 0.25) is 0 Å². The highest BCUT2D eigenvalue weighted by Crippen LogP contribution is 2.12. The molecule has 1 heterocycles. The lowest BCUT2D eigenvalue weighted by Gasteiger charge is -2.02. The number of allylic oxidation sites excluding steroid dienone is 1. The Balaban J connectivity index is 2.42. The minimum absolute atomic E-state index is 0.718. The predicted molar refractivity (Wildman–Crippen MR) is 66.9 cm³/mol. The number of hydrogen-bond acceptors (Lipinski definition) is 1. The van der Waals surface area contributed by atoms with Crippen molar-refractivity contribution in [2.24, 2.45) is 0 Å². The van der Waals surface area contributed by atoms with Gasteiger partial charge in [-0.3, -0.25) is 0 Å². The minimum Gasteiger partial charge on any atom is -0.618 e. The summed E-state index contributed by atoms with van der Waals surface area (Å²) >= 11 is 0. The lowest BCUT2D eigenvalue weighted by molar-refractivity contribution is -0.577. The zero-order valence-corrected chi connectivity index (χ0v) is 9.39. The molecule has 16 heavy (non-hydrogen) atoms. The normalized spacial score (nSPS) is 11.3. The Morgan fingerprint density at radius 1 is 1.31 bits per heavy atom. The molecule has 1 aromatic heterocycles. The van der Waals surface area contributed by atoms with Gasteiger partial charge in [-0.2, -0.15) is 4.73 Å². The number of pyridine rings is 1. The Kier molecular flexibility index (Phi) is 3.20. The Hall–Kier alpha value is -1.83. The first-order chi connectivity index (χ1) is 7.81.